The summed E-state index contributed by atoms with van der Waals surface area (Å²) in [7, 11) is 0. The van der Waals surface area contributed by atoms with Crippen LogP contribution in [-0.2, 0) is 5.75 Å². The second kappa shape index (κ2) is 7.28. The monoisotopic (exact) mass is 296 g/mol. The number of benzene rings is 1. The Labute approximate surface area is 120 Å². The molecule has 2 N–H and O–H groups in total. The lowest BCUT2D eigenvalue weighted by Crippen LogP contribution is -1.98. The summed E-state index contributed by atoms with van der Waals surface area (Å²) in [4.78, 5) is 11.7. The van der Waals surface area contributed by atoms with E-state index in [2.05, 4.69) is 20.3 Å². The number of thioether (sulfide) groups is 1. The van der Waals surface area contributed by atoms with Gasteiger partial charge in [0.2, 0.25) is 11.2 Å². The van der Waals surface area contributed by atoms with Crippen LogP contribution in [0.4, 0.5) is 11.6 Å². The van der Waals surface area contributed by atoms with E-state index in [-0.39, 0.29) is 11.9 Å². The summed E-state index contributed by atoms with van der Waals surface area (Å²) >= 11 is 7.38. The van der Waals surface area contributed by atoms with Gasteiger partial charge in [-0.1, -0.05) is 12.1 Å². The summed E-state index contributed by atoms with van der Waals surface area (Å²) in [6, 6.07) is 7.94. The van der Waals surface area contributed by atoms with E-state index in [0.29, 0.717) is 5.95 Å². The average molecular weight is 297 g/mol. The molecule has 1 aromatic carbocycles. The standard InChI is InChI=1S/C12H13ClN4OS/c13-11-14-8-15-12(17-11)16-10-3-1-2-9(6-10)7-19-5-4-18/h1-3,6,8,18H,4-5,7H2,(H,14,15,16,17). The van der Waals surface area contributed by atoms with Gasteiger partial charge in [0.15, 0.2) is 0 Å². The highest BCUT2D eigenvalue weighted by molar-refractivity contribution is 7.98. The summed E-state index contributed by atoms with van der Waals surface area (Å²) in [5, 5.41) is 12.0. The Morgan fingerprint density at radius 1 is 1.32 bits per heavy atom. The number of aliphatic hydroxyl groups is 1. The van der Waals surface area contributed by atoms with Gasteiger partial charge in [0.1, 0.15) is 6.33 Å². The van der Waals surface area contributed by atoms with E-state index in [4.69, 9.17) is 16.7 Å². The Morgan fingerprint density at radius 2 is 2.21 bits per heavy atom. The smallest absolute Gasteiger partial charge is 0.231 e. The lowest BCUT2D eigenvalue weighted by molar-refractivity contribution is 0.322. The van der Waals surface area contributed by atoms with Gasteiger partial charge in [-0.25, -0.2) is 9.97 Å². The van der Waals surface area contributed by atoms with E-state index >= 15 is 0 Å². The number of hydrogen-bond donors (Lipinski definition) is 2. The molecule has 19 heavy (non-hydrogen) atoms. The topological polar surface area (TPSA) is 70.9 Å². The minimum atomic E-state index is 0.159. The van der Waals surface area contributed by atoms with E-state index in [1.54, 1.807) is 11.8 Å². The van der Waals surface area contributed by atoms with Crippen molar-refractivity contribution in [3.05, 3.63) is 41.4 Å². The molecule has 0 radical (unpaired) electrons. The molecule has 1 heterocycles. The van der Waals surface area contributed by atoms with E-state index in [1.165, 1.54) is 11.9 Å². The molecule has 0 amide bonds. The van der Waals surface area contributed by atoms with Crippen molar-refractivity contribution in [2.45, 2.75) is 5.75 Å². The summed E-state index contributed by atoms with van der Waals surface area (Å²) in [5.74, 6) is 2.01. The number of nitrogens with one attached hydrogen (secondary N) is 1. The van der Waals surface area contributed by atoms with Gasteiger partial charge in [0.05, 0.1) is 6.61 Å². The zero-order valence-corrected chi connectivity index (χ0v) is 11.7. The fourth-order valence-corrected chi connectivity index (χ4v) is 2.27. The van der Waals surface area contributed by atoms with Crippen LogP contribution in [0.25, 0.3) is 0 Å². The maximum atomic E-state index is 8.75. The molecule has 0 spiro atoms. The van der Waals surface area contributed by atoms with Crippen LogP contribution in [0.15, 0.2) is 30.6 Å². The molecular weight excluding hydrogens is 284 g/mol. The van der Waals surface area contributed by atoms with E-state index in [0.717, 1.165) is 17.2 Å². The van der Waals surface area contributed by atoms with Crippen molar-refractivity contribution in [2.75, 3.05) is 17.7 Å². The van der Waals surface area contributed by atoms with Gasteiger partial charge in [-0.2, -0.15) is 16.7 Å². The molecule has 2 aromatic rings. The Hall–Kier alpha value is -1.37. The third-order valence-corrected chi connectivity index (χ3v) is 3.42. The Balaban J connectivity index is 2.02. The summed E-state index contributed by atoms with van der Waals surface area (Å²) in [5.41, 5.74) is 2.06. The zero-order valence-electron chi connectivity index (χ0n) is 10.1. The molecule has 100 valence electrons. The molecule has 0 saturated carbocycles. The first-order valence-electron chi connectivity index (χ1n) is 5.67. The molecule has 0 aliphatic carbocycles. The number of nitrogens with zero attached hydrogens (tertiary/aromatic N) is 3. The number of anilines is 2. The maximum Gasteiger partial charge on any atom is 0.231 e. The number of rotatable bonds is 6. The fourth-order valence-electron chi connectivity index (χ4n) is 1.46. The van der Waals surface area contributed by atoms with Gasteiger partial charge in [0, 0.05) is 17.2 Å². The molecule has 1 aromatic heterocycles. The van der Waals surface area contributed by atoms with Gasteiger partial charge >= 0.3 is 0 Å². The van der Waals surface area contributed by atoms with Crippen molar-refractivity contribution < 1.29 is 5.11 Å². The molecular formula is C12H13ClN4OS. The van der Waals surface area contributed by atoms with E-state index in [1.807, 2.05) is 24.3 Å². The third-order valence-electron chi connectivity index (χ3n) is 2.23. The Morgan fingerprint density at radius 3 is 3.00 bits per heavy atom. The van der Waals surface area contributed by atoms with Crippen molar-refractivity contribution in [1.29, 1.82) is 0 Å². The largest absolute Gasteiger partial charge is 0.396 e. The van der Waals surface area contributed by atoms with Crippen molar-refractivity contribution in [2.24, 2.45) is 0 Å². The number of hydrogen-bond acceptors (Lipinski definition) is 6. The van der Waals surface area contributed by atoms with Gasteiger partial charge in [-0.3, -0.25) is 0 Å². The van der Waals surface area contributed by atoms with E-state index in [9.17, 15) is 0 Å². The molecule has 0 fully saturated rings. The van der Waals surface area contributed by atoms with Crippen LogP contribution in [0.1, 0.15) is 5.56 Å². The van der Waals surface area contributed by atoms with Gasteiger partial charge < -0.3 is 10.4 Å². The SMILES string of the molecule is OCCSCc1cccc(Nc2ncnc(Cl)n2)c1. The van der Waals surface area contributed by atoms with Crippen LogP contribution in [0.5, 0.6) is 0 Å². The maximum absolute atomic E-state index is 8.75. The second-order valence-electron chi connectivity index (χ2n) is 3.68. The predicted molar refractivity (Wildman–Crippen MR) is 77.8 cm³/mol. The second-order valence-corrected chi connectivity index (χ2v) is 5.12. The first-order valence-corrected chi connectivity index (χ1v) is 7.20. The minimum absolute atomic E-state index is 0.159. The van der Waals surface area contributed by atoms with Crippen molar-refractivity contribution in [3.8, 4) is 0 Å². The summed E-state index contributed by atoms with van der Waals surface area (Å²) in [6.45, 7) is 0.200. The molecule has 2 rings (SSSR count). The zero-order chi connectivity index (χ0) is 13.5. The van der Waals surface area contributed by atoms with Gasteiger partial charge in [0.25, 0.3) is 0 Å². The molecule has 0 aliphatic rings. The molecule has 5 nitrogen and oxygen atoms in total. The van der Waals surface area contributed by atoms with Gasteiger partial charge in [-0.05, 0) is 29.3 Å². The van der Waals surface area contributed by atoms with Crippen LogP contribution in [0.3, 0.4) is 0 Å². The lowest BCUT2D eigenvalue weighted by atomic mass is 10.2. The van der Waals surface area contributed by atoms with Crippen LogP contribution in [-0.4, -0.2) is 32.4 Å². The van der Waals surface area contributed by atoms with Crippen molar-refractivity contribution in [3.63, 3.8) is 0 Å². The van der Waals surface area contributed by atoms with E-state index < -0.39 is 0 Å². The number of aliphatic hydroxyl groups excluding tert-OH is 1. The van der Waals surface area contributed by atoms with Crippen LogP contribution >= 0.6 is 23.4 Å². The van der Waals surface area contributed by atoms with Crippen molar-refractivity contribution in [1.82, 2.24) is 15.0 Å². The lowest BCUT2D eigenvalue weighted by Gasteiger charge is -2.06. The highest BCUT2D eigenvalue weighted by Crippen LogP contribution is 2.18. The number of halogens is 1. The first kappa shape index (κ1) is 14.0. The fraction of sp³-hybridized carbons (Fsp3) is 0.250. The number of aromatic nitrogens is 3. The van der Waals surface area contributed by atoms with Crippen molar-refractivity contribution >= 4 is 35.0 Å². The average Bonchev–Trinajstić information content (AvgIpc) is 2.39. The summed E-state index contributed by atoms with van der Waals surface area (Å²) in [6.07, 6.45) is 1.36. The third kappa shape index (κ3) is 4.66. The molecule has 0 saturated heterocycles. The Kier molecular flexibility index (Phi) is 5.38. The quantitative estimate of drug-likeness (QED) is 0.798. The molecule has 7 heteroatoms. The molecule has 0 bridgehead atoms. The van der Waals surface area contributed by atoms with Crippen LogP contribution in [0.2, 0.25) is 5.28 Å². The van der Waals surface area contributed by atoms with Gasteiger partial charge in [-0.15, -0.1) is 0 Å². The normalized spacial score (nSPS) is 10.4. The minimum Gasteiger partial charge on any atom is -0.396 e. The summed E-state index contributed by atoms with van der Waals surface area (Å²) < 4.78 is 0. The highest BCUT2D eigenvalue weighted by Gasteiger charge is 2.01. The molecule has 0 atom stereocenters. The predicted octanol–water partition coefficient (Wildman–Crippen LogP) is 2.49. The van der Waals surface area contributed by atoms with Crippen LogP contribution in [0, 0.1) is 0 Å². The molecule has 0 unspecified atom stereocenters. The highest BCUT2D eigenvalue weighted by atomic mass is 35.5. The molecule has 0 aliphatic heterocycles. The Bertz CT molecular complexity index is 541. The van der Waals surface area contributed by atoms with Crippen LogP contribution < -0.4 is 5.32 Å². The first-order chi connectivity index (χ1) is 9.28.